The van der Waals surface area contributed by atoms with Crippen LogP contribution in [0, 0.1) is 6.92 Å². The third-order valence-electron chi connectivity index (χ3n) is 4.66. The first-order valence-electron chi connectivity index (χ1n) is 9.77. The zero-order chi connectivity index (χ0) is 21.6. The largest absolute Gasteiger partial charge is 0.493 e. The van der Waals surface area contributed by atoms with Gasteiger partial charge in [-0.1, -0.05) is 24.3 Å². The number of amides is 1. The molecule has 156 valence electrons. The van der Waals surface area contributed by atoms with E-state index in [0.717, 1.165) is 16.9 Å². The molecule has 2 aromatic heterocycles. The number of carbonyl (C=O) groups is 1. The van der Waals surface area contributed by atoms with E-state index in [9.17, 15) is 4.79 Å². The molecule has 0 atom stereocenters. The molecule has 7 heteroatoms. The fourth-order valence-corrected chi connectivity index (χ4v) is 3.12. The second kappa shape index (κ2) is 9.13. The van der Waals surface area contributed by atoms with Crippen molar-refractivity contribution in [3.05, 3.63) is 96.1 Å². The molecular formula is C24H22N4O3. The van der Waals surface area contributed by atoms with Crippen LogP contribution in [0.25, 0.3) is 5.69 Å². The number of rotatable bonds is 7. The normalized spacial score (nSPS) is 10.5. The first-order chi connectivity index (χ1) is 15.1. The Morgan fingerprint density at radius 2 is 1.87 bits per heavy atom. The van der Waals surface area contributed by atoms with E-state index in [1.807, 2.05) is 49.4 Å². The molecular weight excluding hydrogens is 392 g/mol. The number of aryl methyl sites for hydroxylation is 1. The standard InChI is InChI=1S/C24H22N4O3/c1-17-13-21(27-28(17)20-8-4-3-5-9-20)24(29)26-19-10-11-22(30-2)23(14-19)31-16-18-7-6-12-25-15-18/h3-15H,16H2,1-2H3,(H,26,29). The van der Waals surface area contributed by atoms with Crippen molar-refractivity contribution in [2.24, 2.45) is 0 Å². The number of carbonyl (C=O) groups excluding carboxylic acids is 1. The maximum atomic E-state index is 12.8. The average Bonchev–Trinajstić information content (AvgIpc) is 3.21. The van der Waals surface area contributed by atoms with Crippen LogP contribution in [0.4, 0.5) is 5.69 Å². The highest BCUT2D eigenvalue weighted by molar-refractivity contribution is 6.03. The van der Waals surface area contributed by atoms with Gasteiger partial charge < -0.3 is 14.8 Å². The topological polar surface area (TPSA) is 78.3 Å². The Hall–Kier alpha value is -4.13. The molecule has 4 rings (SSSR count). The number of nitrogens with zero attached hydrogens (tertiary/aromatic N) is 3. The summed E-state index contributed by atoms with van der Waals surface area (Å²) in [5.74, 6) is 0.794. The summed E-state index contributed by atoms with van der Waals surface area (Å²) < 4.78 is 13.0. The van der Waals surface area contributed by atoms with Gasteiger partial charge in [0.05, 0.1) is 12.8 Å². The second-order valence-corrected chi connectivity index (χ2v) is 6.89. The third-order valence-corrected chi connectivity index (χ3v) is 4.66. The van der Waals surface area contributed by atoms with Crippen molar-refractivity contribution in [1.29, 1.82) is 0 Å². The molecule has 2 aromatic carbocycles. The molecule has 7 nitrogen and oxygen atoms in total. The zero-order valence-corrected chi connectivity index (χ0v) is 17.3. The number of anilines is 1. The first-order valence-corrected chi connectivity index (χ1v) is 9.77. The minimum atomic E-state index is -0.304. The van der Waals surface area contributed by atoms with Crippen LogP contribution < -0.4 is 14.8 Å². The molecule has 4 aromatic rings. The fraction of sp³-hybridized carbons (Fsp3) is 0.125. The lowest BCUT2D eigenvalue weighted by Gasteiger charge is -2.12. The first kappa shape index (κ1) is 20.2. The molecule has 2 heterocycles. The van der Waals surface area contributed by atoms with Crippen LogP contribution in [0.3, 0.4) is 0 Å². The van der Waals surface area contributed by atoms with Crippen LogP contribution in [0.15, 0.2) is 79.1 Å². The van der Waals surface area contributed by atoms with Crippen LogP contribution in [-0.4, -0.2) is 27.8 Å². The van der Waals surface area contributed by atoms with E-state index >= 15 is 0 Å². The monoisotopic (exact) mass is 414 g/mol. The second-order valence-electron chi connectivity index (χ2n) is 6.89. The number of benzene rings is 2. The predicted octanol–water partition coefficient (Wildman–Crippen LogP) is 4.42. The van der Waals surface area contributed by atoms with Gasteiger partial charge in [-0.05, 0) is 43.3 Å². The van der Waals surface area contributed by atoms with Gasteiger partial charge in [0.1, 0.15) is 6.61 Å². The summed E-state index contributed by atoms with van der Waals surface area (Å²) in [6.45, 7) is 2.25. The highest BCUT2D eigenvalue weighted by atomic mass is 16.5. The number of para-hydroxylation sites is 1. The number of nitrogens with one attached hydrogen (secondary N) is 1. The Morgan fingerprint density at radius 1 is 1.03 bits per heavy atom. The Labute approximate surface area is 180 Å². The summed E-state index contributed by atoms with van der Waals surface area (Å²) in [5, 5.41) is 7.33. The summed E-state index contributed by atoms with van der Waals surface area (Å²) in [5.41, 5.74) is 3.61. The van der Waals surface area contributed by atoms with Crippen molar-refractivity contribution in [3.8, 4) is 17.2 Å². The lowest BCUT2D eigenvalue weighted by Crippen LogP contribution is -2.13. The van der Waals surface area contributed by atoms with Gasteiger partial charge in [-0.25, -0.2) is 4.68 Å². The lowest BCUT2D eigenvalue weighted by atomic mass is 10.2. The quantitative estimate of drug-likeness (QED) is 0.484. The summed E-state index contributed by atoms with van der Waals surface area (Å²) in [6.07, 6.45) is 3.45. The van der Waals surface area contributed by atoms with Gasteiger partial charge >= 0.3 is 0 Å². The molecule has 0 aliphatic rings. The number of hydrogen-bond donors (Lipinski definition) is 1. The molecule has 31 heavy (non-hydrogen) atoms. The van der Waals surface area contributed by atoms with Gasteiger partial charge in [-0.2, -0.15) is 5.10 Å². The van der Waals surface area contributed by atoms with E-state index in [-0.39, 0.29) is 5.91 Å². The Morgan fingerprint density at radius 3 is 2.61 bits per heavy atom. The van der Waals surface area contributed by atoms with Crippen LogP contribution >= 0.6 is 0 Å². The van der Waals surface area contributed by atoms with E-state index in [4.69, 9.17) is 9.47 Å². The number of hydrogen-bond acceptors (Lipinski definition) is 5. The van der Waals surface area contributed by atoms with Gasteiger partial charge in [-0.15, -0.1) is 0 Å². The van der Waals surface area contributed by atoms with Gasteiger partial charge in [0, 0.05) is 35.4 Å². The van der Waals surface area contributed by atoms with Crippen molar-refractivity contribution in [2.75, 3.05) is 12.4 Å². The molecule has 1 N–H and O–H groups in total. The molecule has 0 fully saturated rings. The molecule has 0 spiro atoms. The SMILES string of the molecule is COc1ccc(NC(=O)c2cc(C)n(-c3ccccc3)n2)cc1OCc1cccnc1. The Kier molecular flexibility index (Phi) is 5.93. The highest BCUT2D eigenvalue weighted by Gasteiger charge is 2.15. The number of methoxy groups -OCH3 is 1. The summed E-state index contributed by atoms with van der Waals surface area (Å²) in [4.78, 5) is 16.9. The summed E-state index contributed by atoms with van der Waals surface area (Å²) in [6, 6.07) is 20.5. The van der Waals surface area contributed by atoms with Gasteiger partial charge in [-0.3, -0.25) is 9.78 Å². The van der Waals surface area contributed by atoms with Crippen molar-refractivity contribution in [2.45, 2.75) is 13.5 Å². The molecule has 0 saturated heterocycles. The maximum Gasteiger partial charge on any atom is 0.276 e. The zero-order valence-electron chi connectivity index (χ0n) is 17.3. The van der Waals surface area contributed by atoms with Crippen molar-refractivity contribution < 1.29 is 14.3 Å². The van der Waals surface area contributed by atoms with Crippen LogP contribution in [0.5, 0.6) is 11.5 Å². The van der Waals surface area contributed by atoms with Crippen LogP contribution in [0.2, 0.25) is 0 Å². The number of ether oxygens (including phenoxy) is 2. The molecule has 0 radical (unpaired) electrons. The van der Waals surface area contributed by atoms with E-state index in [1.54, 1.807) is 48.5 Å². The Balaban J connectivity index is 1.50. The summed E-state index contributed by atoms with van der Waals surface area (Å²) >= 11 is 0. The smallest absolute Gasteiger partial charge is 0.276 e. The maximum absolute atomic E-state index is 12.8. The van der Waals surface area contributed by atoms with E-state index in [2.05, 4.69) is 15.4 Å². The third kappa shape index (κ3) is 4.72. The van der Waals surface area contributed by atoms with E-state index in [1.165, 1.54) is 0 Å². The minimum absolute atomic E-state index is 0.304. The van der Waals surface area contributed by atoms with Gasteiger partial charge in [0.25, 0.3) is 5.91 Å². The Bertz CT molecular complexity index is 1170. The summed E-state index contributed by atoms with van der Waals surface area (Å²) in [7, 11) is 1.57. The van der Waals surface area contributed by atoms with Crippen molar-refractivity contribution in [3.63, 3.8) is 0 Å². The predicted molar refractivity (Wildman–Crippen MR) is 118 cm³/mol. The molecule has 0 saturated carbocycles. The lowest BCUT2D eigenvalue weighted by molar-refractivity contribution is 0.102. The molecule has 1 amide bonds. The minimum Gasteiger partial charge on any atom is -0.493 e. The van der Waals surface area contributed by atoms with Crippen LogP contribution in [-0.2, 0) is 6.61 Å². The van der Waals surface area contributed by atoms with E-state index in [0.29, 0.717) is 29.5 Å². The van der Waals surface area contributed by atoms with Crippen LogP contribution in [0.1, 0.15) is 21.7 Å². The number of aromatic nitrogens is 3. The van der Waals surface area contributed by atoms with Crippen molar-refractivity contribution in [1.82, 2.24) is 14.8 Å². The highest BCUT2D eigenvalue weighted by Crippen LogP contribution is 2.31. The molecule has 0 aliphatic carbocycles. The van der Waals surface area contributed by atoms with E-state index < -0.39 is 0 Å². The molecule has 0 aliphatic heterocycles. The average molecular weight is 414 g/mol. The van der Waals surface area contributed by atoms with Gasteiger partial charge in [0.2, 0.25) is 0 Å². The molecule has 0 unspecified atom stereocenters. The van der Waals surface area contributed by atoms with Crippen molar-refractivity contribution >= 4 is 11.6 Å². The van der Waals surface area contributed by atoms with Gasteiger partial charge in [0.15, 0.2) is 17.2 Å². The fourth-order valence-electron chi connectivity index (χ4n) is 3.12. The number of pyridine rings is 1. The molecule has 0 bridgehead atoms.